The molecule has 0 spiro atoms. The van der Waals surface area contributed by atoms with E-state index in [1.807, 2.05) is 0 Å². The summed E-state index contributed by atoms with van der Waals surface area (Å²) in [6, 6.07) is 9.34. The van der Waals surface area contributed by atoms with Crippen molar-refractivity contribution >= 4 is 38.9 Å². The van der Waals surface area contributed by atoms with Gasteiger partial charge in [0.2, 0.25) is 15.9 Å². The maximum absolute atomic E-state index is 12.9. The highest BCUT2D eigenvalue weighted by Crippen LogP contribution is 2.36. The van der Waals surface area contributed by atoms with Crippen LogP contribution < -0.4 is 24.4 Å². The van der Waals surface area contributed by atoms with Gasteiger partial charge in [-0.2, -0.15) is 0 Å². The van der Waals surface area contributed by atoms with Gasteiger partial charge in [-0.15, -0.1) is 0 Å². The van der Waals surface area contributed by atoms with Crippen molar-refractivity contribution in [1.29, 1.82) is 0 Å². The molecule has 0 radical (unpaired) electrons. The number of carbonyl (C=O) groups is 2. The average Bonchev–Trinajstić information content (AvgIpc) is 2.66. The van der Waals surface area contributed by atoms with Crippen LogP contribution in [0.15, 0.2) is 36.4 Å². The van der Waals surface area contributed by atoms with Crippen molar-refractivity contribution in [3.63, 3.8) is 0 Å². The molecule has 2 rings (SSSR count). The molecule has 0 aromatic heterocycles. The molecule has 10 heteroatoms. The van der Waals surface area contributed by atoms with Gasteiger partial charge in [-0.05, 0) is 30.3 Å². The summed E-state index contributed by atoms with van der Waals surface area (Å²) >= 11 is 0. The van der Waals surface area contributed by atoms with Gasteiger partial charge in [0.15, 0.2) is 11.5 Å². The molecule has 29 heavy (non-hydrogen) atoms. The van der Waals surface area contributed by atoms with Crippen LogP contribution in [-0.2, 0) is 14.8 Å². The van der Waals surface area contributed by atoms with Gasteiger partial charge in [0.05, 0.1) is 31.7 Å². The maximum Gasteiger partial charge on any atom is 0.257 e. The predicted molar refractivity (Wildman–Crippen MR) is 111 cm³/mol. The summed E-state index contributed by atoms with van der Waals surface area (Å²) in [6.45, 7) is 1.40. The van der Waals surface area contributed by atoms with Crippen LogP contribution in [0, 0.1) is 0 Å². The van der Waals surface area contributed by atoms with Gasteiger partial charge in [0.1, 0.15) is 0 Å². The number of benzene rings is 2. The summed E-state index contributed by atoms with van der Waals surface area (Å²) in [6.07, 6.45) is 1.03. The third-order valence-corrected chi connectivity index (χ3v) is 5.24. The largest absolute Gasteiger partial charge is 0.493 e. The second-order valence-corrected chi connectivity index (χ2v) is 8.18. The molecular weight excluding hydrogens is 398 g/mol. The number of amides is 2. The van der Waals surface area contributed by atoms with E-state index in [2.05, 4.69) is 10.6 Å². The molecule has 9 nitrogen and oxygen atoms in total. The first-order valence-electron chi connectivity index (χ1n) is 8.45. The summed E-state index contributed by atoms with van der Waals surface area (Å²) in [7, 11) is 0.545. The molecule has 156 valence electrons. The minimum atomic E-state index is -3.63. The Morgan fingerprint density at radius 3 is 1.86 bits per heavy atom. The molecule has 0 unspecified atom stereocenters. The van der Waals surface area contributed by atoms with Crippen LogP contribution in [0.2, 0.25) is 0 Å². The molecule has 2 aromatic rings. The lowest BCUT2D eigenvalue weighted by Gasteiger charge is -2.22. The molecule has 0 saturated carbocycles. The van der Waals surface area contributed by atoms with Gasteiger partial charge in [-0.25, -0.2) is 8.42 Å². The smallest absolute Gasteiger partial charge is 0.257 e. The number of anilines is 3. The van der Waals surface area contributed by atoms with Crippen LogP contribution >= 0.6 is 0 Å². The van der Waals surface area contributed by atoms with Crippen LogP contribution in [-0.4, -0.2) is 47.8 Å². The Hall–Kier alpha value is -3.27. The topological polar surface area (TPSA) is 114 Å². The molecule has 0 heterocycles. The third-order valence-electron chi connectivity index (χ3n) is 4.05. The minimum absolute atomic E-state index is 0.0847. The number of nitrogens with one attached hydrogen (secondary N) is 2. The lowest BCUT2D eigenvalue weighted by atomic mass is 10.1. The van der Waals surface area contributed by atoms with Crippen molar-refractivity contribution in [3.05, 3.63) is 42.0 Å². The Morgan fingerprint density at radius 1 is 0.931 bits per heavy atom. The standard InChI is InChI=1S/C19H23N3O6S/c1-12(23)20-13-6-8-14(9-7-13)21-19(24)15-10-17(27-3)18(28-4)11-16(15)22(2)29(5,25)26/h6-11H,1-5H3,(H,20,23)(H,21,24). The molecule has 2 aromatic carbocycles. The first-order valence-corrected chi connectivity index (χ1v) is 10.3. The summed E-state index contributed by atoms with van der Waals surface area (Å²) in [5.41, 5.74) is 1.27. The number of sulfonamides is 1. The van der Waals surface area contributed by atoms with Crippen molar-refractivity contribution < 1.29 is 27.5 Å². The third kappa shape index (κ3) is 5.38. The summed E-state index contributed by atoms with van der Waals surface area (Å²) in [5, 5.41) is 5.33. The quantitative estimate of drug-likeness (QED) is 0.709. The van der Waals surface area contributed by atoms with Crippen molar-refractivity contribution in [2.75, 3.05) is 42.5 Å². The van der Waals surface area contributed by atoms with Crippen LogP contribution in [0.5, 0.6) is 11.5 Å². The van der Waals surface area contributed by atoms with E-state index in [0.717, 1.165) is 10.6 Å². The van der Waals surface area contributed by atoms with Gasteiger partial charge in [-0.3, -0.25) is 13.9 Å². The Balaban J connectivity index is 2.43. The monoisotopic (exact) mass is 421 g/mol. The number of nitrogens with zero attached hydrogens (tertiary/aromatic N) is 1. The Bertz CT molecular complexity index is 1020. The van der Waals surface area contributed by atoms with E-state index in [1.54, 1.807) is 24.3 Å². The van der Waals surface area contributed by atoms with E-state index in [1.165, 1.54) is 40.3 Å². The van der Waals surface area contributed by atoms with Crippen LogP contribution in [0.25, 0.3) is 0 Å². The number of hydrogen-bond acceptors (Lipinski definition) is 6. The van der Waals surface area contributed by atoms with E-state index in [4.69, 9.17) is 9.47 Å². The second-order valence-electron chi connectivity index (χ2n) is 6.17. The average molecular weight is 421 g/mol. The van der Waals surface area contributed by atoms with Gasteiger partial charge >= 0.3 is 0 Å². The molecule has 0 saturated heterocycles. The molecule has 2 N–H and O–H groups in total. The van der Waals surface area contributed by atoms with Gasteiger partial charge in [0, 0.05) is 31.4 Å². The summed E-state index contributed by atoms with van der Waals surface area (Å²) in [5.74, 6) is -0.178. The molecule has 0 bridgehead atoms. The molecular formula is C19H23N3O6S. The highest BCUT2D eigenvalue weighted by molar-refractivity contribution is 7.92. The van der Waals surface area contributed by atoms with Gasteiger partial charge in [-0.1, -0.05) is 0 Å². The van der Waals surface area contributed by atoms with Crippen molar-refractivity contribution in [2.24, 2.45) is 0 Å². The SMILES string of the molecule is COc1cc(C(=O)Nc2ccc(NC(C)=O)cc2)c(N(C)S(C)(=O)=O)cc1OC. The predicted octanol–water partition coefficient (Wildman–Crippen LogP) is 2.31. The Kier molecular flexibility index (Phi) is 6.70. The first-order chi connectivity index (χ1) is 13.6. The minimum Gasteiger partial charge on any atom is -0.493 e. The normalized spacial score (nSPS) is 10.8. The molecule has 0 atom stereocenters. The van der Waals surface area contributed by atoms with Gasteiger partial charge in [0.25, 0.3) is 5.91 Å². The van der Waals surface area contributed by atoms with Gasteiger partial charge < -0.3 is 20.1 Å². The zero-order valence-electron chi connectivity index (χ0n) is 16.8. The second kappa shape index (κ2) is 8.82. The van der Waals surface area contributed by atoms with E-state index >= 15 is 0 Å². The fourth-order valence-electron chi connectivity index (χ4n) is 2.53. The van der Waals surface area contributed by atoms with E-state index < -0.39 is 15.9 Å². The highest BCUT2D eigenvalue weighted by Gasteiger charge is 2.23. The van der Waals surface area contributed by atoms with Crippen molar-refractivity contribution in [1.82, 2.24) is 0 Å². The highest BCUT2D eigenvalue weighted by atomic mass is 32.2. The summed E-state index contributed by atoms with van der Waals surface area (Å²) in [4.78, 5) is 24.0. The number of carbonyl (C=O) groups excluding carboxylic acids is 2. The number of rotatable bonds is 7. The van der Waals surface area contributed by atoms with Crippen molar-refractivity contribution in [3.8, 4) is 11.5 Å². The molecule has 0 fully saturated rings. The van der Waals surface area contributed by atoms with Crippen LogP contribution in [0.1, 0.15) is 17.3 Å². The lowest BCUT2D eigenvalue weighted by Crippen LogP contribution is -2.28. The Labute approximate surface area is 169 Å². The van der Waals surface area contributed by atoms with E-state index in [-0.39, 0.29) is 28.7 Å². The van der Waals surface area contributed by atoms with E-state index in [0.29, 0.717) is 11.4 Å². The number of ether oxygens (including phenoxy) is 2. The number of hydrogen-bond donors (Lipinski definition) is 2. The van der Waals surface area contributed by atoms with Crippen molar-refractivity contribution in [2.45, 2.75) is 6.92 Å². The maximum atomic E-state index is 12.9. The van der Waals surface area contributed by atoms with E-state index in [9.17, 15) is 18.0 Å². The molecule has 0 aliphatic heterocycles. The molecule has 2 amide bonds. The zero-order chi connectivity index (χ0) is 21.8. The Morgan fingerprint density at radius 2 is 1.41 bits per heavy atom. The fraction of sp³-hybridized carbons (Fsp3) is 0.263. The molecule has 0 aliphatic carbocycles. The zero-order valence-corrected chi connectivity index (χ0v) is 17.6. The van der Waals surface area contributed by atoms with Crippen LogP contribution in [0.3, 0.4) is 0 Å². The fourth-order valence-corrected chi connectivity index (χ4v) is 3.04. The number of methoxy groups -OCH3 is 2. The van der Waals surface area contributed by atoms with Crippen LogP contribution in [0.4, 0.5) is 17.1 Å². The molecule has 0 aliphatic rings. The first kappa shape index (κ1) is 22.0. The summed E-state index contributed by atoms with van der Waals surface area (Å²) < 4.78 is 35.5. The lowest BCUT2D eigenvalue weighted by molar-refractivity contribution is -0.114.